The molecular formula is C41H30S. The first-order valence-electron chi connectivity index (χ1n) is 14.8. The van der Waals surface area contributed by atoms with Crippen LogP contribution in [-0.2, 0) is 5.41 Å². The first kappa shape index (κ1) is 24.1. The Bertz CT molecular complexity index is 2230. The van der Waals surface area contributed by atoms with E-state index in [1.165, 1.54) is 81.4 Å². The molecule has 2 unspecified atom stereocenters. The van der Waals surface area contributed by atoms with Gasteiger partial charge in [0.25, 0.3) is 0 Å². The Morgan fingerprint density at radius 3 is 2.12 bits per heavy atom. The fraction of sp³-hybridized carbons (Fsp3) is 0.0732. The molecule has 1 heteroatoms. The van der Waals surface area contributed by atoms with E-state index in [4.69, 9.17) is 0 Å². The fourth-order valence-electron chi connectivity index (χ4n) is 7.87. The molecule has 0 aromatic heterocycles. The standard InChI is InChI=1S/C41H30S/c1-41(28-12-4-3-5-13-28)36-25-27(20-21-31(36)35-22-19-26-11-6-7-14-30(26)40(35)41)29-23-24-38-39-33(29)16-10-17-34(39)32-15-8-9-18-37(32)42(38)2/h3-25,42H,1-2H3. The van der Waals surface area contributed by atoms with Crippen molar-refractivity contribution in [2.45, 2.75) is 22.1 Å². The van der Waals surface area contributed by atoms with Crippen molar-refractivity contribution in [2.24, 2.45) is 0 Å². The first-order valence-corrected chi connectivity index (χ1v) is 16.6. The van der Waals surface area contributed by atoms with Crippen molar-refractivity contribution in [3.05, 3.63) is 156 Å². The van der Waals surface area contributed by atoms with Crippen LogP contribution in [0.1, 0.15) is 23.6 Å². The summed E-state index contributed by atoms with van der Waals surface area (Å²) in [5.74, 6) is 0. The Hall–Kier alpha value is -4.59. The summed E-state index contributed by atoms with van der Waals surface area (Å²) in [5.41, 5.74) is 12.0. The summed E-state index contributed by atoms with van der Waals surface area (Å²) in [6.07, 6.45) is 2.42. The monoisotopic (exact) mass is 554 g/mol. The summed E-state index contributed by atoms with van der Waals surface area (Å²) < 4.78 is 0. The molecule has 7 aromatic rings. The van der Waals surface area contributed by atoms with Crippen LogP contribution in [0, 0.1) is 0 Å². The lowest BCUT2D eigenvalue weighted by atomic mass is 9.72. The van der Waals surface area contributed by atoms with Gasteiger partial charge in [-0.3, -0.25) is 0 Å². The molecule has 42 heavy (non-hydrogen) atoms. The Balaban J connectivity index is 1.32. The normalized spacial score (nSPS) is 19.0. The van der Waals surface area contributed by atoms with Crippen molar-refractivity contribution < 1.29 is 0 Å². The fourth-order valence-corrected chi connectivity index (χ4v) is 9.87. The van der Waals surface area contributed by atoms with E-state index >= 15 is 0 Å². The van der Waals surface area contributed by atoms with Crippen LogP contribution in [0.3, 0.4) is 0 Å². The molecule has 0 saturated carbocycles. The molecule has 0 radical (unpaired) electrons. The smallest absolute Gasteiger partial charge is 0.0441 e. The van der Waals surface area contributed by atoms with Gasteiger partial charge < -0.3 is 0 Å². The maximum absolute atomic E-state index is 2.49. The second-order valence-corrected chi connectivity index (χ2v) is 14.0. The molecule has 9 rings (SSSR count). The average Bonchev–Trinajstić information content (AvgIpc) is 3.32. The second kappa shape index (κ2) is 8.71. The van der Waals surface area contributed by atoms with Crippen LogP contribution in [0.4, 0.5) is 0 Å². The van der Waals surface area contributed by atoms with Gasteiger partial charge in [-0.25, -0.2) is 10.9 Å². The minimum Gasteiger partial charge on any atom is -0.202 e. The molecule has 0 nitrogen and oxygen atoms in total. The zero-order chi connectivity index (χ0) is 28.0. The zero-order valence-corrected chi connectivity index (χ0v) is 24.6. The van der Waals surface area contributed by atoms with E-state index in [0.717, 1.165) is 0 Å². The van der Waals surface area contributed by atoms with Gasteiger partial charge in [0.1, 0.15) is 0 Å². The second-order valence-electron chi connectivity index (χ2n) is 11.9. The van der Waals surface area contributed by atoms with Crippen molar-refractivity contribution >= 4 is 32.4 Å². The maximum Gasteiger partial charge on any atom is 0.0441 e. The van der Waals surface area contributed by atoms with E-state index < -0.39 is 10.9 Å². The first-order chi connectivity index (χ1) is 20.6. The molecule has 2 atom stereocenters. The summed E-state index contributed by atoms with van der Waals surface area (Å²) in [6, 6.07) is 52.5. The van der Waals surface area contributed by atoms with Crippen molar-refractivity contribution in [1.29, 1.82) is 0 Å². The zero-order valence-electron chi connectivity index (χ0n) is 23.7. The highest BCUT2D eigenvalue weighted by atomic mass is 32.2. The highest BCUT2D eigenvalue weighted by Gasteiger charge is 2.42. The van der Waals surface area contributed by atoms with Gasteiger partial charge in [-0.15, -0.1) is 0 Å². The Labute approximate surface area is 249 Å². The van der Waals surface area contributed by atoms with Crippen molar-refractivity contribution in [1.82, 2.24) is 0 Å². The maximum atomic E-state index is 2.49. The third-order valence-corrected chi connectivity index (χ3v) is 12.1. The Kier molecular flexibility index (Phi) is 4.99. The van der Waals surface area contributed by atoms with Gasteiger partial charge in [-0.05, 0) is 107 Å². The number of thiol groups is 1. The summed E-state index contributed by atoms with van der Waals surface area (Å²) in [4.78, 5) is 2.98. The molecule has 0 fully saturated rings. The van der Waals surface area contributed by atoms with Crippen LogP contribution in [0.15, 0.2) is 149 Å². The van der Waals surface area contributed by atoms with Gasteiger partial charge in [0, 0.05) is 10.8 Å². The third-order valence-electron chi connectivity index (χ3n) is 9.88. The summed E-state index contributed by atoms with van der Waals surface area (Å²) in [6.45, 7) is 2.43. The largest absolute Gasteiger partial charge is 0.202 e. The molecule has 0 N–H and O–H groups in total. The molecule has 200 valence electrons. The van der Waals surface area contributed by atoms with Crippen LogP contribution in [0.2, 0.25) is 0 Å². The number of hydrogen-bond donors (Lipinski definition) is 1. The van der Waals surface area contributed by atoms with Gasteiger partial charge in [0.15, 0.2) is 0 Å². The average molecular weight is 555 g/mol. The van der Waals surface area contributed by atoms with Crippen LogP contribution in [0.5, 0.6) is 0 Å². The molecule has 0 bridgehead atoms. The molecule has 1 heterocycles. The predicted molar refractivity (Wildman–Crippen MR) is 181 cm³/mol. The van der Waals surface area contributed by atoms with Crippen LogP contribution in [-0.4, -0.2) is 6.26 Å². The van der Waals surface area contributed by atoms with Gasteiger partial charge in [-0.1, -0.05) is 121 Å². The van der Waals surface area contributed by atoms with Crippen molar-refractivity contribution in [2.75, 3.05) is 6.26 Å². The van der Waals surface area contributed by atoms with Crippen LogP contribution >= 0.6 is 10.9 Å². The van der Waals surface area contributed by atoms with Crippen LogP contribution in [0.25, 0.3) is 54.9 Å². The van der Waals surface area contributed by atoms with Crippen molar-refractivity contribution in [3.63, 3.8) is 0 Å². The highest BCUT2D eigenvalue weighted by molar-refractivity contribution is 8.16. The van der Waals surface area contributed by atoms with Crippen molar-refractivity contribution in [3.8, 4) is 33.4 Å². The van der Waals surface area contributed by atoms with E-state index in [9.17, 15) is 0 Å². The molecule has 0 spiro atoms. The number of benzene rings is 7. The van der Waals surface area contributed by atoms with E-state index in [2.05, 4.69) is 153 Å². The lowest BCUT2D eigenvalue weighted by Crippen LogP contribution is -2.22. The molecule has 7 aromatic carbocycles. The molecule has 0 saturated heterocycles. The van der Waals surface area contributed by atoms with Gasteiger partial charge in [-0.2, -0.15) is 0 Å². The molecule has 2 aliphatic rings. The van der Waals surface area contributed by atoms with E-state index in [-0.39, 0.29) is 5.41 Å². The molecule has 1 aliphatic carbocycles. The Morgan fingerprint density at radius 1 is 0.500 bits per heavy atom. The number of rotatable bonds is 2. The number of hydrogen-bond acceptors (Lipinski definition) is 0. The van der Waals surface area contributed by atoms with E-state index in [0.29, 0.717) is 0 Å². The Morgan fingerprint density at radius 2 is 1.21 bits per heavy atom. The molecule has 1 aliphatic heterocycles. The van der Waals surface area contributed by atoms with Crippen LogP contribution < -0.4 is 0 Å². The minimum absolute atomic E-state index is 0.258. The lowest BCUT2D eigenvalue weighted by Gasteiger charge is -2.30. The van der Waals surface area contributed by atoms with Gasteiger partial charge >= 0.3 is 0 Å². The minimum atomic E-state index is -0.393. The summed E-state index contributed by atoms with van der Waals surface area (Å²) in [7, 11) is -0.393. The molecule has 0 amide bonds. The summed E-state index contributed by atoms with van der Waals surface area (Å²) in [5, 5.41) is 5.43. The van der Waals surface area contributed by atoms with E-state index in [1.807, 2.05) is 0 Å². The molecular weight excluding hydrogens is 525 g/mol. The van der Waals surface area contributed by atoms with E-state index in [1.54, 1.807) is 0 Å². The predicted octanol–water partition coefficient (Wildman–Crippen LogP) is 11.0. The van der Waals surface area contributed by atoms with Gasteiger partial charge in [0.05, 0.1) is 0 Å². The SMILES string of the molecule is C[SH]1c2ccccc2-c2cccc3c(-c4ccc5c(c4)C(C)(c4ccccc4)c4c-5ccc5ccccc45)ccc1c23. The van der Waals surface area contributed by atoms with Gasteiger partial charge in [0.2, 0.25) is 0 Å². The highest BCUT2D eigenvalue weighted by Crippen LogP contribution is 2.58. The quantitative estimate of drug-likeness (QED) is 0.202. The number of fused-ring (bicyclic) bond motifs is 7. The summed E-state index contributed by atoms with van der Waals surface area (Å²) >= 11 is 0. The third kappa shape index (κ3) is 3.09. The topological polar surface area (TPSA) is 0 Å². The lowest BCUT2D eigenvalue weighted by molar-refractivity contribution is 0.720.